The van der Waals surface area contributed by atoms with Crippen molar-refractivity contribution in [3.8, 4) is 0 Å². The Labute approximate surface area is 60.9 Å². The maximum absolute atomic E-state index is 8.97. The number of hydrogen-bond donors (Lipinski definition) is 1. The summed E-state index contributed by atoms with van der Waals surface area (Å²) in [7, 11) is 0. The van der Waals surface area contributed by atoms with Gasteiger partial charge in [-0.2, -0.15) is 0 Å². The van der Waals surface area contributed by atoms with Crippen molar-refractivity contribution < 1.29 is 14.6 Å². The fraction of sp³-hybridized carbons (Fsp3) is 1.00. The van der Waals surface area contributed by atoms with E-state index in [9.17, 15) is 0 Å². The van der Waals surface area contributed by atoms with Gasteiger partial charge in [0.25, 0.3) is 0 Å². The highest BCUT2D eigenvalue weighted by atomic mass is 16.6. The predicted molar refractivity (Wildman–Crippen MR) is 36.6 cm³/mol. The number of rotatable bonds is 4. The molecule has 3 heteroatoms. The van der Waals surface area contributed by atoms with Crippen molar-refractivity contribution in [2.75, 3.05) is 13.2 Å². The monoisotopic (exact) mass is 146 g/mol. The minimum Gasteiger partial charge on any atom is -0.368 e. The van der Waals surface area contributed by atoms with E-state index in [1.54, 1.807) is 0 Å². The molecule has 0 aromatic heterocycles. The molecule has 0 amide bonds. The summed E-state index contributed by atoms with van der Waals surface area (Å²) in [6.07, 6.45) is 0.0109. The molecule has 2 unspecified atom stereocenters. The van der Waals surface area contributed by atoms with Crippen LogP contribution in [0.5, 0.6) is 0 Å². The van der Waals surface area contributed by atoms with Crippen LogP contribution < -0.4 is 0 Å². The van der Waals surface area contributed by atoms with Crippen LogP contribution in [0.4, 0.5) is 0 Å². The molecule has 60 valence electrons. The van der Waals surface area contributed by atoms with Crippen molar-refractivity contribution in [2.45, 2.75) is 32.2 Å². The van der Waals surface area contributed by atoms with Crippen molar-refractivity contribution in [2.24, 2.45) is 0 Å². The van der Waals surface area contributed by atoms with Crippen molar-refractivity contribution in [3.63, 3.8) is 0 Å². The van der Waals surface area contributed by atoms with E-state index in [1.165, 1.54) is 0 Å². The van der Waals surface area contributed by atoms with Gasteiger partial charge in [0.05, 0.1) is 13.2 Å². The van der Waals surface area contributed by atoms with Crippen LogP contribution in [-0.4, -0.2) is 30.2 Å². The maximum atomic E-state index is 8.97. The van der Waals surface area contributed by atoms with E-state index in [-0.39, 0.29) is 5.60 Å². The smallest absolute Gasteiger partial charge is 0.154 e. The molecule has 2 atom stereocenters. The molecule has 0 bridgehead atoms. The molecular weight excluding hydrogens is 132 g/mol. The predicted octanol–water partition coefficient (Wildman–Crippen LogP) is 0.520. The van der Waals surface area contributed by atoms with Crippen LogP contribution in [-0.2, 0) is 9.47 Å². The molecule has 1 fully saturated rings. The summed E-state index contributed by atoms with van der Waals surface area (Å²) in [4.78, 5) is 0. The summed E-state index contributed by atoms with van der Waals surface area (Å²) in [5, 5.41) is 8.97. The van der Waals surface area contributed by atoms with Crippen LogP contribution in [0.15, 0.2) is 0 Å². The summed E-state index contributed by atoms with van der Waals surface area (Å²) in [6.45, 7) is 5.10. The first kappa shape index (κ1) is 7.98. The van der Waals surface area contributed by atoms with E-state index in [0.29, 0.717) is 13.0 Å². The molecule has 1 heterocycles. The Kier molecular flexibility index (Phi) is 2.28. The average molecular weight is 146 g/mol. The summed E-state index contributed by atoms with van der Waals surface area (Å²) >= 11 is 0. The Morgan fingerprint density at radius 1 is 1.80 bits per heavy atom. The zero-order valence-corrected chi connectivity index (χ0v) is 6.46. The van der Waals surface area contributed by atoms with Crippen molar-refractivity contribution in [1.82, 2.24) is 0 Å². The first-order valence-corrected chi connectivity index (χ1v) is 3.60. The van der Waals surface area contributed by atoms with Crippen molar-refractivity contribution in [1.29, 1.82) is 0 Å². The van der Waals surface area contributed by atoms with Crippen LogP contribution in [0, 0.1) is 0 Å². The van der Waals surface area contributed by atoms with Gasteiger partial charge in [0.15, 0.2) is 6.29 Å². The van der Waals surface area contributed by atoms with Crippen LogP contribution >= 0.6 is 0 Å². The van der Waals surface area contributed by atoms with Crippen molar-refractivity contribution in [3.05, 3.63) is 0 Å². The molecular formula is C7H14O3. The lowest BCUT2D eigenvalue weighted by Crippen LogP contribution is -2.20. The third-order valence-corrected chi connectivity index (χ3v) is 1.57. The van der Waals surface area contributed by atoms with Crippen LogP contribution in [0.1, 0.15) is 20.3 Å². The Hall–Kier alpha value is -0.120. The first-order chi connectivity index (χ1) is 4.66. The molecule has 0 radical (unpaired) electrons. The lowest BCUT2D eigenvalue weighted by Gasteiger charge is -2.10. The van der Waals surface area contributed by atoms with E-state index in [4.69, 9.17) is 14.6 Å². The van der Waals surface area contributed by atoms with Crippen LogP contribution in [0.3, 0.4) is 0 Å². The topological polar surface area (TPSA) is 42.0 Å². The number of epoxide rings is 1. The summed E-state index contributed by atoms with van der Waals surface area (Å²) in [6, 6.07) is 0. The molecule has 1 rings (SSSR count). The Bertz CT molecular complexity index is 109. The zero-order valence-electron chi connectivity index (χ0n) is 6.46. The molecule has 3 nitrogen and oxygen atoms in total. The Morgan fingerprint density at radius 2 is 2.40 bits per heavy atom. The van der Waals surface area contributed by atoms with Gasteiger partial charge in [-0.1, -0.05) is 6.92 Å². The largest absolute Gasteiger partial charge is 0.368 e. The molecule has 0 saturated carbocycles. The van der Waals surface area contributed by atoms with Gasteiger partial charge in [-0.3, -0.25) is 0 Å². The highest BCUT2D eigenvalue weighted by molar-refractivity contribution is 4.86. The standard InChI is InChI=1S/C7H14O3/c1-3-6(8)9-4-7(2)5-10-7/h6,8H,3-5H2,1-2H3. The lowest BCUT2D eigenvalue weighted by atomic mass is 10.2. The van der Waals surface area contributed by atoms with Gasteiger partial charge < -0.3 is 14.6 Å². The number of aliphatic hydroxyl groups is 1. The summed E-state index contributed by atoms with van der Waals surface area (Å²) < 4.78 is 10.1. The van der Waals surface area contributed by atoms with Gasteiger partial charge >= 0.3 is 0 Å². The van der Waals surface area contributed by atoms with E-state index in [1.807, 2.05) is 13.8 Å². The third-order valence-electron chi connectivity index (χ3n) is 1.57. The second-order valence-corrected chi connectivity index (χ2v) is 2.91. The van der Waals surface area contributed by atoms with Crippen LogP contribution in [0.25, 0.3) is 0 Å². The normalized spacial score (nSPS) is 33.9. The number of hydrogen-bond acceptors (Lipinski definition) is 3. The van der Waals surface area contributed by atoms with Gasteiger partial charge in [-0.05, 0) is 13.3 Å². The van der Waals surface area contributed by atoms with Gasteiger partial charge in [-0.25, -0.2) is 0 Å². The first-order valence-electron chi connectivity index (χ1n) is 3.60. The molecule has 1 aliphatic rings. The van der Waals surface area contributed by atoms with E-state index >= 15 is 0 Å². The Balaban J connectivity index is 2.04. The molecule has 0 aromatic rings. The summed E-state index contributed by atoms with van der Waals surface area (Å²) in [5.74, 6) is 0. The van der Waals surface area contributed by atoms with Crippen molar-refractivity contribution >= 4 is 0 Å². The van der Waals surface area contributed by atoms with E-state index in [2.05, 4.69) is 0 Å². The minimum absolute atomic E-state index is 0.101. The fourth-order valence-corrected chi connectivity index (χ4v) is 0.597. The van der Waals surface area contributed by atoms with Gasteiger partial charge in [0.2, 0.25) is 0 Å². The molecule has 0 aromatic carbocycles. The van der Waals surface area contributed by atoms with E-state index < -0.39 is 6.29 Å². The van der Waals surface area contributed by atoms with Gasteiger partial charge in [0, 0.05) is 0 Å². The molecule has 1 saturated heterocycles. The van der Waals surface area contributed by atoms with Crippen LogP contribution in [0.2, 0.25) is 0 Å². The second-order valence-electron chi connectivity index (χ2n) is 2.91. The van der Waals surface area contributed by atoms with Gasteiger partial charge in [-0.15, -0.1) is 0 Å². The molecule has 1 N–H and O–H groups in total. The quantitative estimate of drug-likeness (QED) is 0.464. The fourth-order valence-electron chi connectivity index (χ4n) is 0.597. The van der Waals surface area contributed by atoms with Gasteiger partial charge in [0.1, 0.15) is 5.60 Å². The minimum atomic E-state index is -0.624. The molecule has 0 aliphatic carbocycles. The number of ether oxygens (including phenoxy) is 2. The summed E-state index contributed by atoms with van der Waals surface area (Å²) in [5.41, 5.74) is -0.101. The molecule has 0 spiro atoms. The zero-order chi connectivity index (χ0) is 7.61. The molecule has 10 heavy (non-hydrogen) atoms. The Morgan fingerprint density at radius 3 is 2.80 bits per heavy atom. The number of aliphatic hydroxyl groups excluding tert-OH is 1. The second kappa shape index (κ2) is 2.86. The average Bonchev–Trinajstić information content (AvgIpc) is 2.64. The highest BCUT2D eigenvalue weighted by Gasteiger charge is 2.39. The molecule has 1 aliphatic heterocycles. The highest BCUT2D eigenvalue weighted by Crippen LogP contribution is 2.26. The third kappa shape index (κ3) is 2.25. The lowest BCUT2D eigenvalue weighted by molar-refractivity contribution is -0.112. The van der Waals surface area contributed by atoms with E-state index in [0.717, 1.165) is 6.61 Å². The SMILES string of the molecule is CCC(O)OCC1(C)CO1. The maximum Gasteiger partial charge on any atom is 0.154 e.